The second-order valence-electron chi connectivity index (χ2n) is 7.14. The lowest BCUT2D eigenvalue weighted by atomic mass is 9.72. The summed E-state index contributed by atoms with van der Waals surface area (Å²) in [5, 5.41) is 4.64. The van der Waals surface area contributed by atoms with Gasteiger partial charge in [0, 0.05) is 10.8 Å². The first-order valence-corrected chi connectivity index (χ1v) is 11.8. The van der Waals surface area contributed by atoms with Crippen LogP contribution in [0.5, 0.6) is 0 Å². The van der Waals surface area contributed by atoms with Crippen molar-refractivity contribution >= 4 is 51.9 Å². The molecule has 1 saturated heterocycles. The predicted octanol–water partition coefficient (Wildman–Crippen LogP) is 4.45. The van der Waals surface area contributed by atoms with Crippen molar-refractivity contribution in [3.05, 3.63) is 23.4 Å². The summed E-state index contributed by atoms with van der Waals surface area (Å²) >= 11 is 2.15. The van der Waals surface area contributed by atoms with Gasteiger partial charge in [-0.05, 0) is 68.3 Å². The summed E-state index contributed by atoms with van der Waals surface area (Å²) in [4.78, 5) is 0. The van der Waals surface area contributed by atoms with Crippen LogP contribution in [0.1, 0.15) is 38.8 Å². The molecule has 2 aromatic rings. The predicted molar refractivity (Wildman–Crippen MR) is 103 cm³/mol. The molecule has 25 heavy (non-hydrogen) atoms. The van der Waals surface area contributed by atoms with Crippen LogP contribution in [0.4, 0.5) is 13.2 Å². The summed E-state index contributed by atoms with van der Waals surface area (Å²) in [6.07, 6.45) is -2.75. The number of rotatable bonds is 2. The number of hydrogen-bond acceptors (Lipinski definition) is 3. The molecule has 1 fully saturated rings. The highest BCUT2D eigenvalue weighted by atomic mass is 127. The molecule has 1 unspecified atom stereocenters. The third-order valence-corrected chi connectivity index (χ3v) is 6.85. The molecular weight excluding hydrogens is 466 g/mol. The molecule has 10 heteroatoms. The Kier molecular flexibility index (Phi) is 4.71. The summed E-state index contributed by atoms with van der Waals surface area (Å²) in [5.74, 6) is 0. The van der Waals surface area contributed by atoms with Crippen LogP contribution in [-0.2, 0) is 15.5 Å². The Labute approximate surface area is 159 Å². The summed E-state index contributed by atoms with van der Waals surface area (Å²) < 4.78 is 55.0. The van der Waals surface area contributed by atoms with Gasteiger partial charge in [-0.3, -0.25) is 0 Å². The minimum Gasteiger partial charge on any atom is -0.399 e. The first-order chi connectivity index (χ1) is 11.4. The second-order valence-corrected chi connectivity index (χ2v) is 9.18. The molecule has 136 valence electrons. The standard InChI is InChI=1S/C15H18BF3IN2O2P/c1-8-6-10-9(7-21-22(10)25-20)12(11(8)15(17,18)19)16-23-13(2,3)14(4,5)24-16/h6-7,25H,1-5H3. The summed E-state index contributed by atoms with van der Waals surface area (Å²) in [5.41, 5.74) is -1.34. The number of hydrogen-bond donors (Lipinski definition) is 0. The Morgan fingerprint density at radius 3 is 2.24 bits per heavy atom. The first-order valence-electron chi connectivity index (χ1n) is 7.70. The van der Waals surface area contributed by atoms with Crippen molar-refractivity contribution in [3.8, 4) is 0 Å². The monoisotopic (exact) mass is 484 g/mol. The van der Waals surface area contributed by atoms with E-state index >= 15 is 0 Å². The molecule has 4 nitrogen and oxygen atoms in total. The van der Waals surface area contributed by atoms with Crippen LogP contribution in [0.25, 0.3) is 10.9 Å². The zero-order valence-corrected chi connectivity index (χ0v) is 17.6. The Bertz CT molecular complexity index is 822. The smallest absolute Gasteiger partial charge is 0.399 e. The van der Waals surface area contributed by atoms with Gasteiger partial charge in [-0.2, -0.15) is 18.3 Å². The Hall–Kier alpha value is -0.375. The van der Waals surface area contributed by atoms with Gasteiger partial charge >= 0.3 is 13.3 Å². The topological polar surface area (TPSA) is 36.3 Å². The van der Waals surface area contributed by atoms with Crippen LogP contribution in [-0.4, -0.2) is 27.9 Å². The zero-order valence-electron chi connectivity index (χ0n) is 14.5. The van der Waals surface area contributed by atoms with Crippen LogP contribution >= 0.6 is 28.4 Å². The van der Waals surface area contributed by atoms with E-state index in [1.165, 1.54) is 19.2 Å². The third kappa shape index (κ3) is 3.11. The lowest BCUT2D eigenvalue weighted by Gasteiger charge is -2.32. The van der Waals surface area contributed by atoms with E-state index in [4.69, 9.17) is 9.31 Å². The molecular formula is C15H18BF3IN2O2P. The average molecular weight is 484 g/mol. The highest BCUT2D eigenvalue weighted by molar-refractivity contribution is 14.2. The summed E-state index contributed by atoms with van der Waals surface area (Å²) in [7, 11) is -1.10. The molecule has 0 saturated carbocycles. The Balaban J connectivity index is 2.30. The average Bonchev–Trinajstić information content (AvgIpc) is 2.94. The Morgan fingerprint density at radius 1 is 1.20 bits per heavy atom. The SMILES string of the molecule is Cc1cc2c(cnn2PI)c(B2OC(C)(C)C(C)(C)O2)c1C(F)(F)F. The first kappa shape index (κ1) is 19.4. The van der Waals surface area contributed by atoms with E-state index in [1.807, 2.05) is 27.7 Å². The van der Waals surface area contributed by atoms with Gasteiger partial charge in [0.2, 0.25) is 0 Å². The fourth-order valence-corrected chi connectivity index (χ4v) is 4.51. The van der Waals surface area contributed by atoms with Crippen molar-refractivity contribution in [1.29, 1.82) is 0 Å². The van der Waals surface area contributed by atoms with Crippen LogP contribution in [0, 0.1) is 6.92 Å². The zero-order chi connectivity index (χ0) is 18.8. The van der Waals surface area contributed by atoms with Crippen LogP contribution in [0.2, 0.25) is 0 Å². The van der Waals surface area contributed by atoms with Gasteiger partial charge in [0.1, 0.15) is 0 Å². The lowest BCUT2D eigenvalue weighted by molar-refractivity contribution is -0.137. The van der Waals surface area contributed by atoms with Crippen molar-refractivity contribution in [3.63, 3.8) is 0 Å². The molecule has 0 N–H and O–H groups in total. The molecule has 1 aliphatic heterocycles. The van der Waals surface area contributed by atoms with Gasteiger partial charge in [-0.15, -0.1) is 0 Å². The van der Waals surface area contributed by atoms with Gasteiger partial charge < -0.3 is 9.31 Å². The van der Waals surface area contributed by atoms with Crippen molar-refractivity contribution in [2.24, 2.45) is 0 Å². The molecule has 1 aromatic carbocycles. The molecule has 0 radical (unpaired) electrons. The van der Waals surface area contributed by atoms with Gasteiger partial charge in [0.15, 0.2) is 0 Å². The molecule has 3 rings (SSSR count). The van der Waals surface area contributed by atoms with Crippen molar-refractivity contribution in [1.82, 2.24) is 9.55 Å². The minimum absolute atomic E-state index is 0.0158. The van der Waals surface area contributed by atoms with Crippen LogP contribution in [0.3, 0.4) is 0 Å². The second kappa shape index (κ2) is 6.07. The van der Waals surface area contributed by atoms with E-state index in [0.29, 0.717) is 10.9 Å². The molecule has 1 atom stereocenters. The van der Waals surface area contributed by atoms with Gasteiger partial charge in [-0.1, -0.05) is 0 Å². The number of benzene rings is 1. The molecule has 2 heterocycles. The lowest BCUT2D eigenvalue weighted by Crippen LogP contribution is -2.41. The maximum absolute atomic E-state index is 13.8. The van der Waals surface area contributed by atoms with Crippen molar-refractivity contribution < 1.29 is 22.5 Å². The molecule has 0 bridgehead atoms. The molecule has 1 aromatic heterocycles. The van der Waals surface area contributed by atoms with E-state index in [1.54, 1.807) is 4.45 Å². The van der Waals surface area contributed by atoms with Gasteiger partial charge in [0.25, 0.3) is 0 Å². The largest absolute Gasteiger partial charge is 0.496 e. The number of alkyl halides is 3. The number of aryl methyl sites for hydroxylation is 1. The maximum atomic E-state index is 13.8. The fraction of sp³-hybridized carbons (Fsp3) is 0.533. The minimum atomic E-state index is -4.51. The number of halogens is 4. The maximum Gasteiger partial charge on any atom is 0.496 e. The van der Waals surface area contributed by atoms with Crippen LogP contribution in [0.15, 0.2) is 12.3 Å². The molecule has 0 spiro atoms. The van der Waals surface area contributed by atoms with E-state index in [2.05, 4.69) is 27.1 Å². The Morgan fingerprint density at radius 2 is 1.76 bits per heavy atom. The highest BCUT2D eigenvalue weighted by Gasteiger charge is 2.54. The van der Waals surface area contributed by atoms with E-state index < -0.39 is 30.1 Å². The van der Waals surface area contributed by atoms with Crippen molar-refractivity contribution in [2.45, 2.75) is 52.0 Å². The van der Waals surface area contributed by atoms with Gasteiger partial charge in [-0.25, -0.2) is 4.45 Å². The summed E-state index contributed by atoms with van der Waals surface area (Å²) in [6, 6.07) is 1.53. The van der Waals surface area contributed by atoms with Crippen LogP contribution < -0.4 is 5.46 Å². The number of fused-ring (bicyclic) bond motifs is 1. The van der Waals surface area contributed by atoms with Gasteiger partial charge in [0.05, 0.1) is 34.9 Å². The molecule has 0 amide bonds. The quantitative estimate of drug-likeness (QED) is 0.359. The molecule has 0 aliphatic carbocycles. The van der Waals surface area contributed by atoms with E-state index in [-0.39, 0.29) is 17.4 Å². The number of nitrogens with zero attached hydrogens (tertiary/aromatic N) is 2. The van der Waals surface area contributed by atoms with E-state index in [9.17, 15) is 13.2 Å². The highest BCUT2D eigenvalue weighted by Crippen LogP contribution is 2.40. The fourth-order valence-electron chi connectivity index (χ4n) is 2.98. The van der Waals surface area contributed by atoms with Crippen molar-refractivity contribution in [2.75, 3.05) is 0 Å². The molecule has 1 aliphatic rings. The number of aromatic nitrogens is 2. The normalized spacial score (nSPS) is 20.3. The van der Waals surface area contributed by atoms with E-state index in [0.717, 1.165) is 0 Å². The summed E-state index contributed by atoms with van der Waals surface area (Å²) in [6.45, 7) is 8.75. The third-order valence-electron chi connectivity index (χ3n) is 4.97.